The minimum atomic E-state index is -0.0720. The molecule has 3 aliphatic heterocycles. The fraction of sp³-hybridized carbons (Fsp3) is 0.455. The molecule has 7 aromatic rings. The van der Waals surface area contributed by atoms with Crippen molar-refractivity contribution in [2.24, 2.45) is 0 Å². The van der Waals surface area contributed by atoms with Crippen LogP contribution in [0.2, 0.25) is 0 Å². The highest BCUT2D eigenvalue weighted by Crippen LogP contribution is 2.63. The first-order valence-corrected chi connectivity index (χ1v) is 31.3. The summed E-state index contributed by atoms with van der Waals surface area (Å²) in [7, 11) is 0. The van der Waals surface area contributed by atoms with Gasteiger partial charge in [0.1, 0.15) is 0 Å². The van der Waals surface area contributed by atoms with Gasteiger partial charge in [-0.25, -0.2) is 0 Å². The molecule has 3 nitrogen and oxygen atoms in total. The first-order valence-electron chi connectivity index (χ1n) is 31.3. The molecule has 3 heterocycles. The molecule has 3 aliphatic carbocycles. The average Bonchev–Trinajstić information content (AvgIpc) is 3.57. The van der Waals surface area contributed by atoms with E-state index in [2.05, 4.69) is 262 Å². The summed E-state index contributed by atoms with van der Waals surface area (Å²) in [6.07, 6.45) is 9.61. The number of anilines is 8. The predicted octanol–water partition coefficient (Wildman–Crippen LogP) is 19.4. The zero-order valence-electron chi connectivity index (χ0n) is 53.0. The number of hydrogen-bond donors (Lipinski definition) is 0. The molecular weight excluding hydrogens is 978 g/mol. The predicted molar refractivity (Wildman–Crippen MR) is 351 cm³/mol. The van der Waals surface area contributed by atoms with Crippen LogP contribution in [-0.4, -0.2) is 12.3 Å². The van der Waals surface area contributed by atoms with Gasteiger partial charge in [0, 0.05) is 50.8 Å². The minimum Gasteiger partial charge on any atom is -0.335 e. The molecule has 4 heteroatoms. The highest BCUT2D eigenvalue weighted by Gasteiger charge is 2.62. The molecule has 0 saturated heterocycles. The van der Waals surface area contributed by atoms with Gasteiger partial charge in [-0.2, -0.15) is 0 Å². The van der Waals surface area contributed by atoms with Crippen molar-refractivity contribution in [2.45, 2.75) is 226 Å². The summed E-state index contributed by atoms with van der Waals surface area (Å²) in [6, 6.07) is 47.3. The summed E-state index contributed by atoms with van der Waals surface area (Å²) in [5.41, 5.74) is 31.7. The van der Waals surface area contributed by atoms with Gasteiger partial charge < -0.3 is 14.7 Å². The third-order valence-electron chi connectivity index (χ3n) is 22.3. The van der Waals surface area contributed by atoms with Crippen LogP contribution in [0, 0.1) is 20.8 Å². The number of aryl methyl sites for hydroxylation is 3. The van der Waals surface area contributed by atoms with Crippen LogP contribution in [0.15, 0.2) is 115 Å². The summed E-state index contributed by atoms with van der Waals surface area (Å²) in [4.78, 5) is 8.36. The maximum atomic E-state index is 2.91. The Bertz CT molecular complexity index is 3690. The van der Waals surface area contributed by atoms with Gasteiger partial charge in [-0.1, -0.05) is 183 Å². The summed E-state index contributed by atoms with van der Waals surface area (Å²) in [6.45, 7) is 46.7. The lowest BCUT2D eigenvalue weighted by molar-refractivity contribution is 0.195. The van der Waals surface area contributed by atoms with E-state index in [1.807, 2.05) is 0 Å². The highest BCUT2D eigenvalue weighted by atomic mass is 15.3. The maximum Gasteiger partial charge on any atom is 0.252 e. The van der Waals surface area contributed by atoms with Crippen molar-refractivity contribution in [1.29, 1.82) is 0 Å². The van der Waals surface area contributed by atoms with E-state index in [1.54, 1.807) is 5.56 Å². The zero-order valence-corrected chi connectivity index (χ0v) is 53.0. The Morgan fingerprint density at radius 2 is 1.00 bits per heavy atom. The third-order valence-corrected chi connectivity index (χ3v) is 22.3. The molecule has 0 amide bonds. The number of hydrogen-bond acceptors (Lipinski definition) is 3. The fourth-order valence-electron chi connectivity index (χ4n) is 16.6. The number of benzene rings is 7. The first-order chi connectivity index (χ1) is 37.9. The van der Waals surface area contributed by atoms with E-state index in [0.29, 0.717) is 0 Å². The molecular formula is C77H92BN3. The Morgan fingerprint density at radius 1 is 0.457 bits per heavy atom. The van der Waals surface area contributed by atoms with Crippen molar-refractivity contribution in [3.05, 3.63) is 171 Å². The average molecular weight is 1070 g/mol. The van der Waals surface area contributed by atoms with Gasteiger partial charge >= 0.3 is 0 Å². The van der Waals surface area contributed by atoms with E-state index >= 15 is 0 Å². The van der Waals surface area contributed by atoms with Crippen molar-refractivity contribution < 1.29 is 0 Å². The Morgan fingerprint density at radius 3 is 1.57 bits per heavy atom. The van der Waals surface area contributed by atoms with E-state index in [4.69, 9.17) is 0 Å². The first kappa shape index (κ1) is 54.3. The van der Waals surface area contributed by atoms with Crippen LogP contribution in [0.25, 0.3) is 11.1 Å². The molecule has 0 spiro atoms. The maximum absolute atomic E-state index is 2.91. The summed E-state index contributed by atoms with van der Waals surface area (Å²) in [5.74, 6) is 0. The van der Waals surface area contributed by atoms with E-state index < -0.39 is 0 Å². The molecule has 2 atom stereocenters. The lowest BCUT2D eigenvalue weighted by atomic mass is 9.33. The van der Waals surface area contributed by atoms with Crippen molar-refractivity contribution in [3.8, 4) is 11.1 Å². The van der Waals surface area contributed by atoms with Crippen molar-refractivity contribution in [2.75, 3.05) is 14.7 Å². The Hall–Kier alpha value is -6.00. The molecule has 7 aromatic carbocycles. The highest BCUT2D eigenvalue weighted by molar-refractivity contribution is 7.00. The van der Waals surface area contributed by atoms with E-state index in [-0.39, 0.29) is 50.2 Å². The molecule has 0 aromatic heterocycles. The molecule has 81 heavy (non-hydrogen) atoms. The zero-order chi connectivity index (χ0) is 57.7. The third kappa shape index (κ3) is 7.93. The van der Waals surface area contributed by atoms with Crippen LogP contribution >= 0.6 is 0 Å². The second-order valence-electron chi connectivity index (χ2n) is 31.7. The topological polar surface area (TPSA) is 9.72 Å². The van der Waals surface area contributed by atoms with Crippen molar-refractivity contribution >= 4 is 68.6 Å². The number of fused-ring (bicyclic) bond motifs is 9. The summed E-state index contributed by atoms with van der Waals surface area (Å²) < 4.78 is 0. The molecule has 418 valence electrons. The molecule has 0 bridgehead atoms. The van der Waals surface area contributed by atoms with Crippen molar-refractivity contribution in [1.82, 2.24) is 0 Å². The van der Waals surface area contributed by atoms with Crippen molar-refractivity contribution in [3.63, 3.8) is 0 Å². The molecule has 1 fully saturated rings. The van der Waals surface area contributed by atoms with Gasteiger partial charge in [-0.3, -0.25) is 0 Å². The largest absolute Gasteiger partial charge is 0.335 e. The minimum absolute atomic E-state index is 0.00386. The molecule has 13 rings (SSSR count). The van der Waals surface area contributed by atoms with E-state index in [0.717, 1.165) is 0 Å². The molecule has 0 radical (unpaired) electrons. The van der Waals surface area contributed by atoms with E-state index in [1.165, 1.54) is 174 Å². The number of rotatable bonds is 5. The standard InChI is InChI=1S/C77H92BN3/c1-47-37-66-68-67(38-47)81-69-59(76(18)31-23-24-32-77(76,81)19)42-52(71(7,8)9)43-61(69)78(68)60-29-28-53(44-65(60)80(66)62-30-27-51(70(4,5)6)41-54(62)50-25-21-20-22-26-50)79(63-45-57-55(39-48(63)2)72(10,11)33-35-74(57,14)15)64-46-58-56(40-49(64)3)73(12,13)34-36-75(58,16)17/h20-22,25-30,37-46H,23-24,31-36H2,1-19H3. The molecule has 0 N–H and O–H groups in total. The van der Waals surface area contributed by atoms with Crippen LogP contribution in [-0.2, 0) is 37.9 Å². The van der Waals surface area contributed by atoms with Gasteiger partial charge in [0.15, 0.2) is 0 Å². The lowest BCUT2D eigenvalue weighted by Crippen LogP contribution is -2.64. The van der Waals surface area contributed by atoms with Gasteiger partial charge in [-0.05, 0) is 225 Å². The Labute approximate surface area is 489 Å². The van der Waals surface area contributed by atoms with Gasteiger partial charge in [0.2, 0.25) is 0 Å². The van der Waals surface area contributed by atoms with Crippen LogP contribution < -0.4 is 31.1 Å². The summed E-state index contributed by atoms with van der Waals surface area (Å²) >= 11 is 0. The quantitative estimate of drug-likeness (QED) is 0.159. The van der Waals surface area contributed by atoms with E-state index in [9.17, 15) is 0 Å². The van der Waals surface area contributed by atoms with Gasteiger partial charge in [0.25, 0.3) is 6.71 Å². The Balaban J connectivity index is 1.16. The van der Waals surface area contributed by atoms with Crippen LogP contribution in [0.4, 0.5) is 45.5 Å². The number of nitrogens with zero attached hydrogens (tertiary/aromatic N) is 3. The monoisotopic (exact) mass is 1070 g/mol. The normalized spacial score (nSPS) is 22.3. The molecule has 2 unspecified atom stereocenters. The Kier molecular flexibility index (Phi) is 11.7. The van der Waals surface area contributed by atoms with Gasteiger partial charge in [-0.15, -0.1) is 0 Å². The lowest BCUT2D eigenvalue weighted by Gasteiger charge is -2.53. The van der Waals surface area contributed by atoms with Crippen LogP contribution in [0.3, 0.4) is 0 Å². The smallest absolute Gasteiger partial charge is 0.252 e. The molecule has 1 saturated carbocycles. The SMILES string of the molecule is Cc1cc2c3c(c1)N1c4c(cc(C(C)(C)C)cc4C4(C)CCCCC14C)B3c1ccc(N(c3cc4c(cc3C)C(C)(C)CCC4(C)C)c3cc4c(cc3C)C(C)(C)CCC4(C)C)cc1N2c1ccc(C(C)(C)C)cc1-c1ccccc1. The second kappa shape index (κ2) is 17.5. The second-order valence-corrected chi connectivity index (χ2v) is 31.7. The molecule has 6 aliphatic rings. The van der Waals surface area contributed by atoms with Crippen LogP contribution in [0.5, 0.6) is 0 Å². The van der Waals surface area contributed by atoms with Crippen LogP contribution in [0.1, 0.15) is 218 Å². The fourth-order valence-corrected chi connectivity index (χ4v) is 16.6. The van der Waals surface area contributed by atoms with Gasteiger partial charge in [0.05, 0.1) is 11.2 Å². The summed E-state index contributed by atoms with van der Waals surface area (Å²) in [5, 5.41) is 0.